The van der Waals surface area contributed by atoms with Crippen molar-refractivity contribution in [2.75, 3.05) is 0 Å². The van der Waals surface area contributed by atoms with Crippen LogP contribution < -0.4 is 0 Å². The smallest absolute Gasteiger partial charge is 0.300 e. The van der Waals surface area contributed by atoms with Crippen molar-refractivity contribution in [1.82, 2.24) is 4.98 Å². The molecule has 1 aromatic rings. The Balaban J connectivity index is 3.10. The quantitative estimate of drug-likeness (QED) is 0.737. The van der Waals surface area contributed by atoms with E-state index in [1.807, 2.05) is 0 Å². The third-order valence-electron chi connectivity index (χ3n) is 1.65. The minimum absolute atomic E-state index is 0.0764. The predicted octanol–water partition coefficient (Wildman–Crippen LogP) is 2.23. The largest absolute Gasteiger partial charge is 0.416 e. The van der Waals surface area contributed by atoms with E-state index in [1.54, 1.807) is 0 Å². The van der Waals surface area contributed by atoms with E-state index in [1.165, 1.54) is 6.92 Å². The molecule has 0 aromatic carbocycles. The molecule has 1 rings (SSSR count). The van der Waals surface area contributed by atoms with Gasteiger partial charge in [0.1, 0.15) is 5.78 Å². The van der Waals surface area contributed by atoms with Crippen LogP contribution in [0.3, 0.4) is 0 Å². The fourth-order valence-electron chi connectivity index (χ4n) is 1.11. The summed E-state index contributed by atoms with van der Waals surface area (Å²) in [4.78, 5) is 14.3. The maximum Gasteiger partial charge on any atom is 0.416 e. The van der Waals surface area contributed by atoms with Gasteiger partial charge in [0.15, 0.2) is 0 Å². The first-order valence-corrected chi connectivity index (χ1v) is 3.91. The van der Waals surface area contributed by atoms with E-state index in [4.69, 9.17) is 0 Å². The highest BCUT2D eigenvalue weighted by atomic mass is 19.4. The highest BCUT2D eigenvalue weighted by molar-refractivity contribution is 5.78. The van der Waals surface area contributed by atoms with Crippen molar-refractivity contribution in [2.24, 2.45) is 0 Å². The van der Waals surface area contributed by atoms with Crippen LogP contribution in [0.2, 0.25) is 0 Å². The second kappa shape index (κ2) is 3.77. The Labute approximate surface area is 78.8 Å². The fourth-order valence-corrected chi connectivity index (χ4v) is 1.11. The molecule has 2 nitrogen and oxygen atoms in total. The number of hydrogen-bond donors (Lipinski definition) is 0. The van der Waals surface area contributed by atoms with Gasteiger partial charge in [0.2, 0.25) is 0 Å². The van der Waals surface area contributed by atoms with Gasteiger partial charge in [0, 0.05) is 18.8 Å². The van der Waals surface area contributed by atoms with E-state index >= 15 is 0 Å². The van der Waals surface area contributed by atoms with Gasteiger partial charge >= 0.3 is 6.18 Å². The number of pyridine rings is 1. The highest BCUT2D eigenvalue weighted by Gasteiger charge is 2.33. The van der Waals surface area contributed by atoms with Crippen LogP contribution in [0.4, 0.5) is 13.2 Å². The van der Waals surface area contributed by atoms with Gasteiger partial charge in [-0.15, -0.1) is 0 Å². The molecular formula is C9H8F3NO. The van der Waals surface area contributed by atoms with Crippen molar-refractivity contribution in [3.8, 4) is 0 Å². The normalized spacial score (nSPS) is 11.4. The average Bonchev–Trinajstić information content (AvgIpc) is 2.01. The lowest BCUT2D eigenvalue weighted by Gasteiger charge is -2.10. The van der Waals surface area contributed by atoms with Crippen LogP contribution in [-0.4, -0.2) is 10.8 Å². The van der Waals surface area contributed by atoms with Gasteiger partial charge < -0.3 is 0 Å². The summed E-state index contributed by atoms with van der Waals surface area (Å²) in [5.41, 5.74) is -0.866. The summed E-state index contributed by atoms with van der Waals surface area (Å²) >= 11 is 0. The Kier molecular flexibility index (Phi) is 2.88. The van der Waals surface area contributed by atoms with Gasteiger partial charge in [-0.05, 0) is 18.6 Å². The lowest BCUT2D eigenvalue weighted by molar-refractivity contribution is -0.138. The summed E-state index contributed by atoms with van der Waals surface area (Å²) in [5, 5.41) is 0. The number of carbonyl (C=O) groups excluding carboxylic acids is 1. The van der Waals surface area contributed by atoms with Crippen LogP contribution in [0.1, 0.15) is 18.1 Å². The van der Waals surface area contributed by atoms with Crippen LogP contribution in [0.5, 0.6) is 0 Å². The second-order valence-electron chi connectivity index (χ2n) is 2.91. The van der Waals surface area contributed by atoms with E-state index < -0.39 is 11.7 Å². The molecular weight excluding hydrogens is 195 g/mol. The molecule has 0 saturated heterocycles. The van der Waals surface area contributed by atoms with Gasteiger partial charge in [0.25, 0.3) is 0 Å². The molecule has 1 heterocycles. The topological polar surface area (TPSA) is 30.0 Å². The van der Waals surface area contributed by atoms with Crippen LogP contribution in [-0.2, 0) is 17.4 Å². The van der Waals surface area contributed by atoms with Crippen molar-refractivity contribution < 1.29 is 18.0 Å². The number of rotatable bonds is 2. The van der Waals surface area contributed by atoms with Crippen molar-refractivity contribution in [2.45, 2.75) is 19.5 Å². The number of ketones is 1. The number of alkyl halides is 3. The SMILES string of the molecule is CC(=O)Cc1cnccc1C(F)(F)F. The van der Waals surface area contributed by atoms with E-state index in [2.05, 4.69) is 4.98 Å². The molecule has 14 heavy (non-hydrogen) atoms. The molecule has 0 N–H and O–H groups in total. The van der Waals surface area contributed by atoms with Crippen molar-refractivity contribution in [3.63, 3.8) is 0 Å². The lowest BCUT2D eigenvalue weighted by Crippen LogP contribution is -2.11. The molecule has 1 aromatic heterocycles. The first-order chi connectivity index (χ1) is 6.41. The van der Waals surface area contributed by atoms with Gasteiger partial charge in [0.05, 0.1) is 5.56 Å². The van der Waals surface area contributed by atoms with E-state index in [0.29, 0.717) is 0 Å². The minimum Gasteiger partial charge on any atom is -0.300 e. The third-order valence-corrected chi connectivity index (χ3v) is 1.65. The third kappa shape index (κ3) is 2.55. The molecule has 0 saturated carbocycles. The van der Waals surface area contributed by atoms with Crippen molar-refractivity contribution >= 4 is 5.78 Å². The zero-order valence-corrected chi connectivity index (χ0v) is 7.43. The van der Waals surface area contributed by atoms with Gasteiger partial charge in [-0.25, -0.2) is 0 Å². The molecule has 5 heteroatoms. The monoisotopic (exact) mass is 203 g/mol. The Morgan fingerprint density at radius 2 is 2.14 bits per heavy atom. The molecule has 0 unspecified atom stereocenters. The maximum atomic E-state index is 12.4. The van der Waals surface area contributed by atoms with Crippen LogP contribution in [0.15, 0.2) is 18.5 Å². The fraction of sp³-hybridized carbons (Fsp3) is 0.333. The first kappa shape index (κ1) is 10.7. The molecule has 0 aliphatic carbocycles. The second-order valence-corrected chi connectivity index (χ2v) is 2.91. The summed E-state index contributed by atoms with van der Waals surface area (Å²) in [6, 6.07) is 0.873. The Hall–Kier alpha value is -1.39. The molecule has 76 valence electrons. The summed E-state index contributed by atoms with van der Waals surface area (Å²) in [6.45, 7) is 1.24. The Morgan fingerprint density at radius 3 is 2.64 bits per heavy atom. The molecule has 0 aliphatic rings. The maximum absolute atomic E-state index is 12.4. The first-order valence-electron chi connectivity index (χ1n) is 3.91. The number of Topliss-reactive ketones (excluding diaryl/α,β-unsaturated/α-hetero) is 1. The average molecular weight is 203 g/mol. The number of aromatic nitrogens is 1. The number of nitrogens with zero attached hydrogens (tertiary/aromatic N) is 1. The summed E-state index contributed by atoms with van der Waals surface area (Å²) in [6.07, 6.45) is -2.52. The molecule has 0 amide bonds. The molecule has 0 radical (unpaired) electrons. The van der Waals surface area contributed by atoms with Crippen LogP contribution in [0, 0.1) is 0 Å². The number of carbonyl (C=O) groups is 1. The molecule has 0 fully saturated rings. The Bertz CT molecular complexity index is 346. The van der Waals surface area contributed by atoms with Crippen molar-refractivity contribution in [3.05, 3.63) is 29.6 Å². The summed E-state index contributed by atoms with van der Waals surface area (Å²) in [7, 11) is 0. The number of hydrogen-bond acceptors (Lipinski definition) is 2. The van der Waals surface area contributed by atoms with E-state index in [-0.39, 0.29) is 17.8 Å². The highest BCUT2D eigenvalue weighted by Crippen LogP contribution is 2.31. The lowest BCUT2D eigenvalue weighted by atomic mass is 10.1. The zero-order chi connectivity index (χ0) is 10.8. The predicted molar refractivity (Wildman–Crippen MR) is 43.6 cm³/mol. The molecule has 0 bridgehead atoms. The molecule has 0 spiro atoms. The van der Waals surface area contributed by atoms with Gasteiger partial charge in [-0.2, -0.15) is 13.2 Å². The zero-order valence-electron chi connectivity index (χ0n) is 7.43. The van der Waals surface area contributed by atoms with E-state index in [0.717, 1.165) is 18.5 Å². The minimum atomic E-state index is -4.42. The van der Waals surface area contributed by atoms with Gasteiger partial charge in [-0.1, -0.05) is 0 Å². The standard InChI is InChI=1S/C9H8F3NO/c1-6(14)4-7-5-13-3-2-8(7)9(10,11)12/h2-3,5H,4H2,1H3. The summed E-state index contributed by atoms with van der Waals surface area (Å²) in [5.74, 6) is -0.316. The van der Waals surface area contributed by atoms with Gasteiger partial charge in [-0.3, -0.25) is 9.78 Å². The molecule has 0 atom stereocenters. The van der Waals surface area contributed by atoms with E-state index in [9.17, 15) is 18.0 Å². The summed E-state index contributed by atoms with van der Waals surface area (Å²) < 4.78 is 37.1. The van der Waals surface area contributed by atoms with Crippen molar-refractivity contribution in [1.29, 1.82) is 0 Å². The molecule has 0 aliphatic heterocycles. The van der Waals surface area contributed by atoms with Crippen LogP contribution >= 0.6 is 0 Å². The Morgan fingerprint density at radius 1 is 1.50 bits per heavy atom. The van der Waals surface area contributed by atoms with Crippen LogP contribution in [0.25, 0.3) is 0 Å². The number of halogens is 3.